The van der Waals surface area contributed by atoms with Crippen molar-refractivity contribution in [2.75, 3.05) is 18.4 Å². The largest absolute Gasteiger partial charge is 0.345 e. The number of benzene rings is 1. The highest BCUT2D eigenvalue weighted by molar-refractivity contribution is 9.10. The topological polar surface area (TPSA) is 56.3 Å². The van der Waals surface area contributed by atoms with Gasteiger partial charge in [0.05, 0.1) is 28.5 Å². The number of halogens is 1. The van der Waals surface area contributed by atoms with E-state index in [0.29, 0.717) is 0 Å². The molecule has 0 aliphatic carbocycles. The highest BCUT2D eigenvalue weighted by Crippen LogP contribution is 2.30. The van der Waals surface area contributed by atoms with Gasteiger partial charge in [0, 0.05) is 12.1 Å². The maximum Gasteiger partial charge on any atom is 0.199 e. The number of aromatic nitrogens is 2. The third-order valence-electron chi connectivity index (χ3n) is 3.43. The molecule has 5 nitrogen and oxygen atoms in total. The first-order chi connectivity index (χ1) is 9.47. The number of nitrogens with zero attached hydrogens (tertiary/aromatic N) is 3. The van der Waals surface area contributed by atoms with Crippen molar-refractivity contribution >= 4 is 38.6 Å². The van der Waals surface area contributed by atoms with Gasteiger partial charge in [0.25, 0.3) is 0 Å². The lowest BCUT2D eigenvalue weighted by Gasteiger charge is -2.34. The Balaban J connectivity index is 1.91. The summed E-state index contributed by atoms with van der Waals surface area (Å²) in [7, 11) is 0. The first kappa shape index (κ1) is 13.4. The third kappa shape index (κ3) is 2.28. The molecule has 0 saturated carbocycles. The summed E-state index contributed by atoms with van der Waals surface area (Å²) < 4.78 is 0.958. The van der Waals surface area contributed by atoms with E-state index in [1.54, 1.807) is 6.33 Å². The number of fused-ring (bicyclic) bond motifs is 1. The van der Waals surface area contributed by atoms with Crippen LogP contribution in [0.4, 0.5) is 5.69 Å². The molecule has 20 heavy (non-hydrogen) atoms. The molecule has 0 bridgehead atoms. The monoisotopic (exact) mass is 335 g/mol. The zero-order chi connectivity index (χ0) is 14.3. The number of imidazole rings is 1. The van der Waals surface area contributed by atoms with Crippen molar-refractivity contribution in [2.24, 2.45) is 4.99 Å². The number of hydrogen-bond acceptors (Lipinski definition) is 4. The molecule has 3 rings (SSSR count). The molecule has 6 heteroatoms. The summed E-state index contributed by atoms with van der Waals surface area (Å²) in [6.45, 7) is 8.38. The lowest BCUT2D eigenvalue weighted by molar-refractivity contribution is 0.257. The van der Waals surface area contributed by atoms with Gasteiger partial charge in [-0.25, -0.2) is 4.98 Å². The minimum absolute atomic E-state index is 0.0608. The Labute approximate surface area is 126 Å². The Morgan fingerprint density at radius 1 is 1.35 bits per heavy atom. The van der Waals surface area contributed by atoms with Crippen molar-refractivity contribution in [1.82, 2.24) is 14.9 Å². The van der Waals surface area contributed by atoms with Crippen molar-refractivity contribution in [3.63, 3.8) is 0 Å². The van der Waals surface area contributed by atoms with Gasteiger partial charge in [0.2, 0.25) is 0 Å². The summed E-state index contributed by atoms with van der Waals surface area (Å²) in [5.41, 5.74) is 2.99. The van der Waals surface area contributed by atoms with E-state index in [0.717, 1.165) is 40.2 Å². The van der Waals surface area contributed by atoms with Crippen LogP contribution < -0.4 is 5.32 Å². The van der Waals surface area contributed by atoms with Crippen molar-refractivity contribution < 1.29 is 0 Å². The second kappa shape index (κ2) is 4.77. The van der Waals surface area contributed by atoms with Crippen LogP contribution in [0, 0.1) is 0 Å². The number of rotatable bonds is 1. The summed E-state index contributed by atoms with van der Waals surface area (Å²) in [4.78, 5) is 14.3. The summed E-state index contributed by atoms with van der Waals surface area (Å²) in [6, 6.07) is 4.05. The number of nitrogens with one attached hydrogen (secondary N) is 2. The number of H-pyrrole nitrogens is 1. The normalized spacial score (nSPS) is 15.8. The smallest absolute Gasteiger partial charge is 0.199 e. The van der Waals surface area contributed by atoms with Crippen LogP contribution in [-0.2, 0) is 0 Å². The Kier molecular flexibility index (Phi) is 3.20. The van der Waals surface area contributed by atoms with E-state index in [2.05, 4.69) is 61.9 Å². The molecule has 0 saturated heterocycles. The molecular weight excluding hydrogens is 318 g/mol. The molecule has 1 aliphatic rings. The number of anilines is 1. The van der Waals surface area contributed by atoms with E-state index in [9.17, 15) is 0 Å². The zero-order valence-corrected chi connectivity index (χ0v) is 13.5. The predicted octanol–water partition coefficient (Wildman–Crippen LogP) is 3.21. The Morgan fingerprint density at radius 2 is 2.15 bits per heavy atom. The van der Waals surface area contributed by atoms with Crippen LogP contribution in [0.2, 0.25) is 0 Å². The van der Waals surface area contributed by atoms with E-state index in [1.807, 2.05) is 12.1 Å². The fourth-order valence-electron chi connectivity index (χ4n) is 2.40. The molecule has 106 valence electrons. The quantitative estimate of drug-likeness (QED) is 0.841. The summed E-state index contributed by atoms with van der Waals surface area (Å²) in [5.74, 6) is 0.924. The van der Waals surface area contributed by atoms with Gasteiger partial charge >= 0.3 is 0 Å². The van der Waals surface area contributed by atoms with E-state index < -0.39 is 0 Å². The van der Waals surface area contributed by atoms with Crippen molar-refractivity contribution in [3.05, 3.63) is 22.9 Å². The second-order valence-corrected chi connectivity index (χ2v) is 6.67. The Hall–Kier alpha value is -1.56. The summed E-state index contributed by atoms with van der Waals surface area (Å²) in [5, 5.41) is 3.42. The number of guanidine groups is 1. The molecule has 2 heterocycles. The van der Waals surface area contributed by atoms with Crippen molar-refractivity contribution in [1.29, 1.82) is 0 Å². The fraction of sp³-hybridized carbons (Fsp3) is 0.429. The molecule has 0 spiro atoms. The van der Waals surface area contributed by atoms with E-state index in [1.165, 1.54) is 0 Å². The number of aromatic amines is 1. The van der Waals surface area contributed by atoms with Gasteiger partial charge in [-0.3, -0.25) is 4.99 Å². The van der Waals surface area contributed by atoms with Crippen LogP contribution in [0.25, 0.3) is 11.0 Å². The standard InChI is InChI=1S/C14H18BrN5/c1-14(2,3)20-7-6-16-13(20)19-9-4-5-10-12(11(9)15)18-8-17-10/h4-5,8H,6-7H2,1-3H3,(H,16,19)(H,17,18). The van der Waals surface area contributed by atoms with Crippen LogP contribution in [0.5, 0.6) is 0 Å². The average Bonchev–Trinajstić information content (AvgIpc) is 3.00. The molecule has 1 aromatic carbocycles. The molecule has 1 aliphatic heterocycles. The van der Waals surface area contributed by atoms with Crippen LogP contribution in [0.3, 0.4) is 0 Å². The highest BCUT2D eigenvalue weighted by atomic mass is 79.9. The van der Waals surface area contributed by atoms with Gasteiger partial charge in [0.1, 0.15) is 5.52 Å². The van der Waals surface area contributed by atoms with Gasteiger partial charge in [-0.15, -0.1) is 0 Å². The van der Waals surface area contributed by atoms with Crippen LogP contribution in [-0.4, -0.2) is 39.5 Å². The van der Waals surface area contributed by atoms with E-state index in [4.69, 9.17) is 0 Å². The second-order valence-electron chi connectivity index (χ2n) is 5.88. The van der Waals surface area contributed by atoms with Crippen LogP contribution >= 0.6 is 15.9 Å². The number of hydrogen-bond donors (Lipinski definition) is 2. The van der Waals surface area contributed by atoms with Crippen molar-refractivity contribution in [2.45, 2.75) is 26.3 Å². The lowest BCUT2D eigenvalue weighted by atomic mass is 10.1. The first-order valence-corrected chi connectivity index (χ1v) is 7.47. The van der Waals surface area contributed by atoms with Gasteiger partial charge in [-0.2, -0.15) is 0 Å². The fourth-order valence-corrected chi connectivity index (χ4v) is 2.95. The molecular formula is C14H18BrN5. The minimum atomic E-state index is 0.0608. The first-order valence-electron chi connectivity index (χ1n) is 6.67. The van der Waals surface area contributed by atoms with Gasteiger partial charge in [-0.1, -0.05) is 0 Å². The molecule has 1 aromatic heterocycles. The maximum atomic E-state index is 4.57. The highest BCUT2D eigenvalue weighted by Gasteiger charge is 2.28. The average molecular weight is 336 g/mol. The SMILES string of the molecule is CC(C)(C)N1CCN=C1Nc1ccc2[nH]cnc2c1Br. The maximum absolute atomic E-state index is 4.57. The van der Waals surface area contributed by atoms with E-state index >= 15 is 0 Å². The van der Waals surface area contributed by atoms with Gasteiger partial charge in [-0.05, 0) is 48.8 Å². The Bertz CT molecular complexity index is 668. The number of aliphatic imine (C=N–C) groups is 1. The zero-order valence-electron chi connectivity index (χ0n) is 11.9. The lowest BCUT2D eigenvalue weighted by Crippen LogP contribution is -2.46. The van der Waals surface area contributed by atoms with Gasteiger partial charge < -0.3 is 15.2 Å². The van der Waals surface area contributed by atoms with E-state index in [-0.39, 0.29) is 5.54 Å². The summed E-state index contributed by atoms with van der Waals surface area (Å²) >= 11 is 3.62. The molecule has 2 aromatic rings. The van der Waals surface area contributed by atoms with Crippen LogP contribution in [0.15, 0.2) is 27.9 Å². The van der Waals surface area contributed by atoms with Crippen LogP contribution in [0.1, 0.15) is 20.8 Å². The van der Waals surface area contributed by atoms with Crippen molar-refractivity contribution in [3.8, 4) is 0 Å². The molecule has 0 amide bonds. The predicted molar refractivity (Wildman–Crippen MR) is 86.2 cm³/mol. The molecule has 0 fully saturated rings. The summed E-state index contributed by atoms with van der Waals surface area (Å²) in [6.07, 6.45) is 1.70. The molecule has 0 radical (unpaired) electrons. The molecule has 0 unspecified atom stereocenters. The molecule has 2 N–H and O–H groups in total. The minimum Gasteiger partial charge on any atom is -0.345 e. The molecule has 0 atom stereocenters. The third-order valence-corrected chi connectivity index (χ3v) is 4.23. The van der Waals surface area contributed by atoms with Gasteiger partial charge in [0.15, 0.2) is 5.96 Å². The Morgan fingerprint density at radius 3 is 2.90 bits per heavy atom.